The second kappa shape index (κ2) is 9.78. The number of hydrogen-bond acceptors (Lipinski definition) is 6. The molecule has 0 aromatic heterocycles. The lowest BCUT2D eigenvalue weighted by molar-refractivity contribution is -0.384. The average Bonchev–Trinajstić information content (AvgIpc) is 3.12. The van der Waals surface area contributed by atoms with E-state index < -0.39 is 4.92 Å². The summed E-state index contributed by atoms with van der Waals surface area (Å²) in [4.78, 5) is 23.2. The third kappa shape index (κ3) is 5.07. The summed E-state index contributed by atoms with van der Waals surface area (Å²) in [5.41, 5.74) is 2.59. The summed E-state index contributed by atoms with van der Waals surface area (Å²) < 4.78 is 11.5. The number of nitro groups is 1. The number of amides is 1. The zero-order valence-corrected chi connectivity index (χ0v) is 17.9. The van der Waals surface area contributed by atoms with E-state index in [4.69, 9.17) is 9.47 Å². The Bertz CT molecular complexity index is 1220. The standard InChI is InChI=1S/C25H21N3O5/c1-18-23(25(29)27(26-18)20-8-3-2-4-9-20)17-19-7-5-6-10-24(19)33-16-15-32-22-13-11-21(12-14-22)28(30)31/h2-14,17H,15-16H2,1H3/b23-17-. The van der Waals surface area contributed by atoms with Gasteiger partial charge in [-0.1, -0.05) is 36.4 Å². The van der Waals surface area contributed by atoms with Gasteiger partial charge in [-0.3, -0.25) is 14.9 Å². The number of rotatable bonds is 8. The van der Waals surface area contributed by atoms with Gasteiger partial charge in [-0.2, -0.15) is 10.1 Å². The van der Waals surface area contributed by atoms with Gasteiger partial charge in [-0.25, -0.2) is 0 Å². The third-order valence-corrected chi connectivity index (χ3v) is 4.94. The number of para-hydroxylation sites is 2. The van der Waals surface area contributed by atoms with Crippen LogP contribution in [0.4, 0.5) is 11.4 Å². The maximum absolute atomic E-state index is 13.0. The molecule has 1 heterocycles. The predicted molar refractivity (Wildman–Crippen MR) is 126 cm³/mol. The first-order valence-electron chi connectivity index (χ1n) is 10.3. The number of ether oxygens (including phenoxy) is 2. The van der Waals surface area contributed by atoms with Gasteiger partial charge in [0.15, 0.2) is 0 Å². The number of non-ortho nitro benzene ring substituents is 1. The Hall–Kier alpha value is -4.46. The fourth-order valence-corrected chi connectivity index (χ4v) is 3.29. The topological polar surface area (TPSA) is 94.3 Å². The van der Waals surface area contributed by atoms with Crippen molar-refractivity contribution >= 4 is 29.1 Å². The number of benzene rings is 3. The molecule has 0 radical (unpaired) electrons. The van der Waals surface area contributed by atoms with Gasteiger partial charge in [0.2, 0.25) is 0 Å². The van der Waals surface area contributed by atoms with Crippen LogP contribution in [0.3, 0.4) is 0 Å². The van der Waals surface area contributed by atoms with E-state index in [1.807, 2.05) is 54.6 Å². The Labute approximate surface area is 190 Å². The van der Waals surface area contributed by atoms with Gasteiger partial charge in [0.1, 0.15) is 24.7 Å². The second-order valence-corrected chi connectivity index (χ2v) is 7.18. The van der Waals surface area contributed by atoms with Gasteiger partial charge in [-0.15, -0.1) is 0 Å². The lowest BCUT2D eigenvalue weighted by Gasteiger charge is -2.12. The molecule has 1 amide bonds. The van der Waals surface area contributed by atoms with Crippen LogP contribution >= 0.6 is 0 Å². The van der Waals surface area contributed by atoms with Crippen LogP contribution in [0.5, 0.6) is 11.5 Å². The lowest BCUT2D eigenvalue weighted by Crippen LogP contribution is -2.21. The zero-order valence-electron chi connectivity index (χ0n) is 17.9. The van der Waals surface area contributed by atoms with Crippen LogP contribution in [0.1, 0.15) is 12.5 Å². The summed E-state index contributed by atoms with van der Waals surface area (Å²) in [6.45, 7) is 2.31. The first-order chi connectivity index (χ1) is 16.0. The van der Waals surface area contributed by atoms with Crippen molar-refractivity contribution in [3.8, 4) is 11.5 Å². The quantitative estimate of drug-likeness (QED) is 0.214. The molecular weight excluding hydrogens is 422 g/mol. The number of nitro benzene ring substituents is 1. The van der Waals surface area contributed by atoms with Crippen molar-refractivity contribution in [2.45, 2.75) is 6.92 Å². The first-order valence-corrected chi connectivity index (χ1v) is 10.3. The highest BCUT2D eigenvalue weighted by atomic mass is 16.6. The molecule has 166 valence electrons. The molecule has 8 nitrogen and oxygen atoms in total. The minimum absolute atomic E-state index is 0.00619. The molecule has 3 aromatic rings. The second-order valence-electron chi connectivity index (χ2n) is 7.18. The van der Waals surface area contributed by atoms with Crippen molar-refractivity contribution < 1.29 is 19.2 Å². The molecule has 0 unspecified atom stereocenters. The van der Waals surface area contributed by atoms with E-state index in [9.17, 15) is 14.9 Å². The van der Waals surface area contributed by atoms with Crippen LogP contribution in [0.15, 0.2) is 89.5 Å². The summed E-state index contributed by atoms with van der Waals surface area (Å²) in [6.07, 6.45) is 1.77. The minimum Gasteiger partial charge on any atom is -0.490 e. The van der Waals surface area contributed by atoms with Gasteiger partial charge in [0.05, 0.1) is 21.9 Å². The molecule has 0 spiro atoms. The van der Waals surface area contributed by atoms with Crippen LogP contribution in [0.25, 0.3) is 6.08 Å². The van der Waals surface area contributed by atoms with Crippen LogP contribution < -0.4 is 14.5 Å². The Kier molecular flexibility index (Phi) is 6.45. The number of anilines is 1. The normalized spacial score (nSPS) is 14.3. The van der Waals surface area contributed by atoms with E-state index in [1.165, 1.54) is 17.1 Å². The Morgan fingerprint density at radius 3 is 2.33 bits per heavy atom. The van der Waals surface area contributed by atoms with E-state index >= 15 is 0 Å². The monoisotopic (exact) mass is 443 g/mol. The summed E-state index contributed by atoms with van der Waals surface area (Å²) >= 11 is 0. The molecule has 0 atom stereocenters. The largest absolute Gasteiger partial charge is 0.490 e. The molecule has 3 aromatic carbocycles. The third-order valence-electron chi connectivity index (χ3n) is 4.94. The van der Waals surface area contributed by atoms with Crippen molar-refractivity contribution in [2.75, 3.05) is 18.2 Å². The van der Waals surface area contributed by atoms with Crippen LogP contribution in [0, 0.1) is 10.1 Å². The number of carbonyl (C=O) groups is 1. The summed E-state index contributed by atoms with van der Waals surface area (Å²) in [5.74, 6) is 0.926. The van der Waals surface area contributed by atoms with E-state index in [2.05, 4.69) is 5.10 Å². The summed E-state index contributed by atoms with van der Waals surface area (Å²) in [7, 11) is 0. The van der Waals surface area contributed by atoms with Crippen molar-refractivity contribution in [2.24, 2.45) is 5.10 Å². The van der Waals surface area contributed by atoms with E-state index in [0.29, 0.717) is 28.5 Å². The summed E-state index contributed by atoms with van der Waals surface area (Å²) in [6, 6.07) is 22.5. The number of hydrazone groups is 1. The van der Waals surface area contributed by atoms with Crippen LogP contribution in [-0.4, -0.2) is 29.8 Å². The summed E-state index contributed by atoms with van der Waals surface area (Å²) in [5, 5.41) is 16.5. The first kappa shape index (κ1) is 21.8. The predicted octanol–water partition coefficient (Wildman–Crippen LogP) is 4.86. The van der Waals surface area contributed by atoms with E-state index in [-0.39, 0.29) is 24.8 Å². The van der Waals surface area contributed by atoms with Crippen molar-refractivity contribution in [3.05, 3.63) is 100 Å². The highest BCUT2D eigenvalue weighted by Crippen LogP contribution is 2.27. The molecule has 0 fully saturated rings. The van der Waals surface area contributed by atoms with Gasteiger partial charge >= 0.3 is 0 Å². The SMILES string of the molecule is CC1=NN(c2ccccc2)C(=O)/C1=C\c1ccccc1OCCOc1ccc([N+](=O)[O-])cc1. The molecule has 0 saturated heterocycles. The minimum atomic E-state index is -0.459. The Balaban J connectivity index is 1.41. The molecule has 33 heavy (non-hydrogen) atoms. The van der Waals surface area contributed by atoms with Gasteiger partial charge in [0.25, 0.3) is 11.6 Å². The number of carbonyl (C=O) groups excluding carboxylic acids is 1. The molecular formula is C25H21N3O5. The van der Waals surface area contributed by atoms with E-state index in [1.54, 1.807) is 25.1 Å². The maximum atomic E-state index is 13.0. The molecule has 4 rings (SSSR count). The Morgan fingerprint density at radius 1 is 0.939 bits per heavy atom. The van der Waals surface area contributed by atoms with Gasteiger partial charge in [0, 0.05) is 17.7 Å². The zero-order chi connectivity index (χ0) is 23.2. The average molecular weight is 443 g/mol. The van der Waals surface area contributed by atoms with E-state index in [0.717, 1.165) is 5.56 Å². The smallest absolute Gasteiger partial charge is 0.280 e. The molecule has 0 aliphatic carbocycles. The highest BCUT2D eigenvalue weighted by molar-refractivity contribution is 6.32. The number of nitrogens with zero attached hydrogens (tertiary/aromatic N) is 3. The van der Waals surface area contributed by atoms with Crippen LogP contribution in [0.2, 0.25) is 0 Å². The molecule has 8 heteroatoms. The lowest BCUT2D eigenvalue weighted by atomic mass is 10.1. The molecule has 1 aliphatic rings. The fourth-order valence-electron chi connectivity index (χ4n) is 3.29. The van der Waals surface area contributed by atoms with Gasteiger partial charge in [-0.05, 0) is 43.3 Å². The van der Waals surface area contributed by atoms with Crippen LogP contribution in [-0.2, 0) is 4.79 Å². The molecule has 0 saturated carbocycles. The highest BCUT2D eigenvalue weighted by Gasteiger charge is 2.28. The maximum Gasteiger partial charge on any atom is 0.280 e. The molecule has 1 aliphatic heterocycles. The van der Waals surface area contributed by atoms with Gasteiger partial charge < -0.3 is 9.47 Å². The molecule has 0 bridgehead atoms. The Morgan fingerprint density at radius 2 is 1.61 bits per heavy atom. The fraction of sp³-hybridized carbons (Fsp3) is 0.120. The number of hydrogen-bond donors (Lipinski definition) is 0. The van der Waals surface area contributed by atoms with Crippen molar-refractivity contribution in [1.82, 2.24) is 0 Å². The van der Waals surface area contributed by atoms with Crippen molar-refractivity contribution in [1.29, 1.82) is 0 Å². The van der Waals surface area contributed by atoms with Crippen molar-refractivity contribution in [3.63, 3.8) is 0 Å². The molecule has 0 N–H and O–H groups in total.